The highest BCUT2D eigenvalue weighted by atomic mass is 32.1. The molecule has 0 bridgehead atoms. The number of aromatic amines is 2. The Balaban J connectivity index is 1.95. The number of nitrogens with zero attached hydrogens (tertiary/aromatic N) is 3. The molecule has 1 aromatic carbocycles. The van der Waals surface area contributed by atoms with Gasteiger partial charge in [0.25, 0.3) is 0 Å². The molecule has 0 saturated heterocycles. The second-order valence-electron chi connectivity index (χ2n) is 4.17. The topological polar surface area (TPSA) is 70.2 Å². The van der Waals surface area contributed by atoms with Crippen molar-refractivity contribution in [1.29, 1.82) is 0 Å². The Morgan fingerprint density at radius 2 is 2.05 bits per heavy atom. The maximum Gasteiger partial charge on any atom is 0.180 e. The highest BCUT2D eigenvalue weighted by Gasteiger charge is 2.10. The van der Waals surface area contributed by atoms with E-state index in [1.807, 2.05) is 12.1 Å². The summed E-state index contributed by atoms with van der Waals surface area (Å²) in [5.74, 6) is 0.694. The second kappa shape index (κ2) is 4.03. The molecule has 0 spiro atoms. The summed E-state index contributed by atoms with van der Waals surface area (Å²) in [6.07, 6.45) is 1.58. The minimum atomic E-state index is 0.694. The van der Waals surface area contributed by atoms with Crippen LogP contribution in [0.3, 0.4) is 0 Å². The monoisotopic (exact) mass is 267 g/mol. The number of rotatable bonds is 2. The number of hydrogen-bond donors (Lipinski definition) is 2. The van der Waals surface area contributed by atoms with Gasteiger partial charge in [-0.1, -0.05) is 0 Å². The number of hydrogen-bond acceptors (Lipinski definition) is 4. The molecule has 0 amide bonds. The van der Waals surface area contributed by atoms with Crippen LogP contribution in [0.1, 0.15) is 0 Å². The van der Waals surface area contributed by atoms with E-state index in [0.29, 0.717) is 5.82 Å². The van der Waals surface area contributed by atoms with Gasteiger partial charge in [0.05, 0.1) is 5.52 Å². The lowest BCUT2D eigenvalue weighted by molar-refractivity contribution is 1.10. The van der Waals surface area contributed by atoms with E-state index < -0.39 is 0 Å². The van der Waals surface area contributed by atoms with E-state index >= 15 is 0 Å². The van der Waals surface area contributed by atoms with Gasteiger partial charge in [0.15, 0.2) is 5.82 Å². The third kappa shape index (κ3) is 1.65. The molecule has 3 heterocycles. The van der Waals surface area contributed by atoms with Gasteiger partial charge >= 0.3 is 0 Å². The minimum absolute atomic E-state index is 0.694. The van der Waals surface area contributed by atoms with Crippen molar-refractivity contribution in [3.05, 3.63) is 41.4 Å². The lowest BCUT2D eigenvalue weighted by atomic mass is 10.1. The van der Waals surface area contributed by atoms with Crippen molar-refractivity contribution in [3.63, 3.8) is 0 Å². The Hall–Kier alpha value is -2.47. The van der Waals surface area contributed by atoms with Gasteiger partial charge in [0.2, 0.25) is 0 Å². The molecule has 3 aromatic heterocycles. The molecule has 0 saturated carbocycles. The molecule has 5 nitrogen and oxygen atoms in total. The Kier molecular flexibility index (Phi) is 2.22. The van der Waals surface area contributed by atoms with Gasteiger partial charge in [0, 0.05) is 21.9 Å². The summed E-state index contributed by atoms with van der Waals surface area (Å²) in [5.41, 5.74) is 4.09. The fraction of sp³-hybridized carbons (Fsp3) is 0. The molecular formula is C13H9N5S. The lowest BCUT2D eigenvalue weighted by Gasteiger charge is -1.97. The average molecular weight is 267 g/mol. The molecule has 0 unspecified atom stereocenters. The Labute approximate surface area is 112 Å². The number of fused-ring (bicyclic) bond motifs is 1. The van der Waals surface area contributed by atoms with E-state index in [9.17, 15) is 0 Å². The van der Waals surface area contributed by atoms with Crippen molar-refractivity contribution in [2.45, 2.75) is 0 Å². The fourth-order valence-electron chi connectivity index (χ4n) is 2.12. The normalized spacial score (nSPS) is 11.2. The predicted molar refractivity (Wildman–Crippen MR) is 74.8 cm³/mol. The molecule has 0 atom stereocenters. The van der Waals surface area contributed by atoms with Gasteiger partial charge in [-0.25, -0.2) is 4.98 Å². The van der Waals surface area contributed by atoms with Crippen molar-refractivity contribution in [3.8, 4) is 22.6 Å². The summed E-state index contributed by atoms with van der Waals surface area (Å²) in [7, 11) is 0. The molecule has 19 heavy (non-hydrogen) atoms. The zero-order chi connectivity index (χ0) is 12.7. The number of thiophene rings is 1. The van der Waals surface area contributed by atoms with Crippen LogP contribution in [-0.4, -0.2) is 25.4 Å². The first-order chi connectivity index (χ1) is 9.42. The van der Waals surface area contributed by atoms with Crippen LogP contribution in [0.4, 0.5) is 0 Å². The van der Waals surface area contributed by atoms with E-state index in [1.165, 1.54) is 0 Å². The van der Waals surface area contributed by atoms with Crippen LogP contribution in [0.2, 0.25) is 0 Å². The van der Waals surface area contributed by atoms with Crippen LogP contribution in [0, 0.1) is 0 Å². The number of nitrogens with one attached hydrogen (secondary N) is 2. The Morgan fingerprint density at radius 3 is 2.84 bits per heavy atom. The predicted octanol–water partition coefficient (Wildman–Crippen LogP) is 3.08. The summed E-state index contributed by atoms with van der Waals surface area (Å²) in [4.78, 5) is 4.17. The fourth-order valence-corrected chi connectivity index (χ4v) is 2.76. The van der Waals surface area contributed by atoms with E-state index in [-0.39, 0.29) is 0 Å². The maximum atomic E-state index is 4.39. The molecule has 2 N–H and O–H groups in total. The maximum absolute atomic E-state index is 4.39. The lowest BCUT2D eigenvalue weighted by Crippen LogP contribution is -1.81. The highest BCUT2D eigenvalue weighted by Crippen LogP contribution is 2.30. The highest BCUT2D eigenvalue weighted by molar-refractivity contribution is 7.08. The SMILES string of the molecule is c1nc(-c2ccc3[nH]nc(-c4ccsc4)c3c2)n[nH]1. The summed E-state index contributed by atoms with van der Waals surface area (Å²) >= 11 is 1.66. The number of aromatic nitrogens is 5. The van der Waals surface area contributed by atoms with Crippen molar-refractivity contribution < 1.29 is 0 Å². The second-order valence-corrected chi connectivity index (χ2v) is 4.95. The molecule has 0 fully saturated rings. The molecule has 4 aromatic rings. The first-order valence-electron chi connectivity index (χ1n) is 5.79. The molecule has 0 aliphatic rings. The van der Waals surface area contributed by atoms with E-state index in [0.717, 1.165) is 27.7 Å². The molecule has 0 radical (unpaired) electrons. The van der Waals surface area contributed by atoms with Crippen molar-refractivity contribution in [1.82, 2.24) is 25.4 Å². The van der Waals surface area contributed by atoms with E-state index in [4.69, 9.17) is 0 Å². The quantitative estimate of drug-likeness (QED) is 0.586. The number of benzene rings is 1. The minimum Gasteiger partial charge on any atom is -0.277 e. The first kappa shape index (κ1) is 10.5. The average Bonchev–Trinajstić information content (AvgIpc) is 3.18. The zero-order valence-corrected chi connectivity index (χ0v) is 10.6. The van der Waals surface area contributed by atoms with Gasteiger partial charge < -0.3 is 0 Å². The third-order valence-corrected chi connectivity index (χ3v) is 3.71. The van der Waals surface area contributed by atoms with Crippen LogP contribution < -0.4 is 0 Å². The molecule has 0 aliphatic carbocycles. The largest absolute Gasteiger partial charge is 0.277 e. The van der Waals surface area contributed by atoms with Gasteiger partial charge in [-0.05, 0) is 29.6 Å². The van der Waals surface area contributed by atoms with Crippen molar-refractivity contribution in [2.24, 2.45) is 0 Å². The Morgan fingerprint density at radius 1 is 1.05 bits per heavy atom. The van der Waals surface area contributed by atoms with Crippen LogP contribution >= 0.6 is 11.3 Å². The standard InChI is InChI=1S/C13H9N5S/c1-2-11-10(5-8(1)13-14-7-15-18-13)12(17-16-11)9-3-4-19-6-9/h1-7H,(H,16,17)(H,14,15,18). The van der Waals surface area contributed by atoms with Gasteiger partial charge in [-0.15, -0.1) is 0 Å². The third-order valence-electron chi connectivity index (χ3n) is 3.03. The summed E-state index contributed by atoms with van der Waals surface area (Å²) in [5, 5.41) is 19.5. The van der Waals surface area contributed by atoms with Gasteiger partial charge in [-0.3, -0.25) is 10.2 Å². The summed E-state index contributed by atoms with van der Waals surface area (Å²) in [6.45, 7) is 0. The smallest absolute Gasteiger partial charge is 0.180 e. The summed E-state index contributed by atoms with van der Waals surface area (Å²) in [6, 6.07) is 8.12. The first-order valence-corrected chi connectivity index (χ1v) is 6.73. The van der Waals surface area contributed by atoms with E-state index in [2.05, 4.69) is 48.3 Å². The van der Waals surface area contributed by atoms with Crippen LogP contribution in [0.15, 0.2) is 41.4 Å². The molecule has 0 aliphatic heterocycles. The molecule has 6 heteroatoms. The van der Waals surface area contributed by atoms with Crippen LogP contribution in [0.5, 0.6) is 0 Å². The molecule has 4 rings (SSSR count). The molecular weight excluding hydrogens is 258 g/mol. The van der Waals surface area contributed by atoms with Crippen molar-refractivity contribution >= 4 is 22.2 Å². The molecule has 92 valence electrons. The van der Waals surface area contributed by atoms with Crippen molar-refractivity contribution in [2.75, 3.05) is 0 Å². The Bertz CT molecular complexity index is 814. The van der Waals surface area contributed by atoms with Gasteiger partial charge in [-0.2, -0.15) is 21.5 Å². The summed E-state index contributed by atoms with van der Waals surface area (Å²) < 4.78 is 0. The van der Waals surface area contributed by atoms with E-state index in [1.54, 1.807) is 17.7 Å². The van der Waals surface area contributed by atoms with Crippen LogP contribution in [-0.2, 0) is 0 Å². The number of H-pyrrole nitrogens is 2. The van der Waals surface area contributed by atoms with Gasteiger partial charge in [0.1, 0.15) is 12.0 Å². The van der Waals surface area contributed by atoms with Crippen LogP contribution in [0.25, 0.3) is 33.5 Å². The zero-order valence-electron chi connectivity index (χ0n) is 9.79.